The minimum Gasteiger partial charge on any atom is -0.454 e. The second-order valence-electron chi connectivity index (χ2n) is 7.92. The molecular formula is C24H28N2O6. The first-order valence-corrected chi connectivity index (χ1v) is 10.7. The van der Waals surface area contributed by atoms with Crippen LogP contribution in [0.1, 0.15) is 26.3 Å². The average molecular weight is 440 g/mol. The number of benzene rings is 2. The second kappa shape index (κ2) is 10.0. The molecule has 0 aliphatic carbocycles. The summed E-state index contributed by atoms with van der Waals surface area (Å²) in [5, 5.41) is 0. The number of morpholine rings is 1. The average Bonchev–Trinajstić information content (AvgIpc) is 3.29. The highest BCUT2D eigenvalue weighted by Gasteiger charge is 2.29. The Morgan fingerprint density at radius 3 is 2.62 bits per heavy atom. The number of methoxy groups -OCH3 is 1. The number of ether oxygens (including phenoxy) is 4. The van der Waals surface area contributed by atoms with Gasteiger partial charge in [-0.1, -0.05) is 17.7 Å². The molecule has 2 aliphatic heterocycles. The van der Waals surface area contributed by atoms with Crippen molar-refractivity contribution in [2.45, 2.75) is 13.0 Å². The van der Waals surface area contributed by atoms with E-state index in [0.717, 1.165) is 5.56 Å². The lowest BCUT2D eigenvalue weighted by Crippen LogP contribution is -2.51. The second-order valence-corrected chi connectivity index (χ2v) is 7.92. The lowest BCUT2D eigenvalue weighted by atomic mass is 10.1. The van der Waals surface area contributed by atoms with Crippen LogP contribution in [-0.4, -0.2) is 81.0 Å². The van der Waals surface area contributed by atoms with Gasteiger partial charge in [-0.15, -0.1) is 0 Å². The van der Waals surface area contributed by atoms with E-state index in [1.165, 1.54) is 0 Å². The van der Waals surface area contributed by atoms with E-state index in [-0.39, 0.29) is 24.7 Å². The zero-order chi connectivity index (χ0) is 22.5. The molecule has 0 bridgehead atoms. The van der Waals surface area contributed by atoms with Gasteiger partial charge in [0.25, 0.3) is 11.8 Å². The number of nitrogens with zero attached hydrogens (tertiary/aromatic N) is 2. The number of hydrogen-bond acceptors (Lipinski definition) is 6. The first-order valence-electron chi connectivity index (χ1n) is 10.7. The third-order valence-electron chi connectivity index (χ3n) is 5.62. The van der Waals surface area contributed by atoms with Crippen molar-refractivity contribution in [3.8, 4) is 11.5 Å². The van der Waals surface area contributed by atoms with Crippen molar-refractivity contribution in [2.75, 3.05) is 53.3 Å². The first kappa shape index (κ1) is 22.1. The predicted molar refractivity (Wildman–Crippen MR) is 117 cm³/mol. The molecule has 1 atom stereocenters. The SMILES string of the molecule is COCCN(CC1CN(C(=O)c2ccc3c(c2)OCO3)CCO1)C(=O)c1ccc(C)cc1. The van der Waals surface area contributed by atoms with E-state index in [1.807, 2.05) is 31.2 Å². The molecular weight excluding hydrogens is 412 g/mol. The van der Waals surface area contributed by atoms with Gasteiger partial charge in [0, 0.05) is 44.4 Å². The molecule has 4 rings (SSSR count). The zero-order valence-electron chi connectivity index (χ0n) is 18.4. The molecule has 1 fully saturated rings. The van der Waals surface area contributed by atoms with Crippen molar-refractivity contribution in [3.05, 3.63) is 59.2 Å². The molecule has 32 heavy (non-hydrogen) atoms. The molecule has 2 aliphatic rings. The van der Waals surface area contributed by atoms with E-state index >= 15 is 0 Å². The molecule has 0 spiro atoms. The number of hydrogen-bond donors (Lipinski definition) is 0. The van der Waals surface area contributed by atoms with E-state index < -0.39 is 0 Å². The minimum atomic E-state index is -0.284. The lowest BCUT2D eigenvalue weighted by molar-refractivity contribution is -0.0347. The van der Waals surface area contributed by atoms with Gasteiger partial charge >= 0.3 is 0 Å². The third kappa shape index (κ3) is 5.03. The van der Waals surface area contributed by atoms with E-state index in [9.17, 15) is 9.59 Å². The van der Waals surface area contributed by atoms with Crippen molar-refractivity contribution in [1.29, 1.82) is 0 Å². The van der Waals surface area contributed by atoms with Crippen LogP contribution in [0.25, 0.3) is 0 Å². The lowest BCUT2D eigenvalue weighted by Gasteiger charge is -2.36. The molecule has 0 radical (unpaired) electrons. The fourth-order valence-electron chi connectivity index (χ4n) is 3.83. The van der Waals surface area contributed by atoms with E-state index in [2.05, 4.69) is 0 Å². The van der Waals surface area contributed by atoms with Crippen LogP contribution >= 0.6 is 0 Å². The molecule has 0 aromatic heterocycles. The highest BCUT2D eigenvalue weighted by molar-refractivity contribution is 5.95. The van der Waals surface area contributed by atoms with Crippen molar-refractivity contribution < 1.29 is 28.5 Å². The van der Waals surface area contributed by atoms with Crippen LogP contribution in [0.15, 0.2) is 42.5 Å². The van der Waals surface area contributed by atoms with Crippen LogP contribution in [0.5, 0.6) is 11.5 Å². The molecule has 170 valence electrons. The summed E-state index contributed by atoms with van der Waals surface area (Å²) >= 11 is 0. The zero-order valence-corrected chi connectivity index (χ0v) is 18.4. The maximum atomic E-state index is 13.1. The number of rotatable bonds is 7. The van der Waals surface area contributed by atoms with E-state index in [4.69, 9.17) is 18.9 Å². The summed E-state index contributed by atoms with van der Waals surface area (Å²) in [4.78, 5) is 29.6. The van der Waals surface area contributed by atoms with Crippen LogP contribution in [0.3, 0.4) is 0 Å². The summed E-state index contributed by atoms with van der Waals surface area (Å²) in [6.45, 7) is 4.70. The molecule has 8 heteroatoms. The van der Waals surface area contributed by atoms with E-state index in [1.54, 1.807) is 35.1 Å². The summed E-state index contributed by atoms with van der Waals surface area (Å²) in [5.74, 6) is 1.05. The number of aryl methyl sites for hydroxylation is 1. The van der Waals surface area contributed by atoms with Gasteiger partial charge in [-0.25, -0.2) is 0 Å². The molecule has 2 aromatic rings. The topological polar surface area (TPSA) is 77.5 Å². The summed E-state index contributed by atoms with van der Waals surface area (Å²) in [6.07, 6.45) is -0.284. The van der Waals surface area contributed by atoms with Crippen LogP contribution in [-0.2, 0) is 9.47 Å². The Balaban J connectivity index is 1.43. The van der Waals surface area contributed by atoms with Crippen LogP contribution in [0.2, 0.25) is 0 Å². The normalized spacial score (nSPS) is 17.3. The van der Waals surface area contributed by atoms with Gasteiger partial charge in [0.05, 0.1) is 19.3 Å². The summed E-state index contributed by atoms with van der Waals surface area (Å²) in [5.41, 5.74) is 2.26. The standard InChI is InChI=1S/C24H28N2O6/c1-17-3-5-18(6-4-17)23(27)25(9-11-29-2)14-20-15-26(10-12-30-20)24(28)19-7-8-21-22(13-19)32-16-31-21/h3-8,13,20H,9-12,14-16H2,1-2H3. The Morgan fingerprint density at radius 1 is 1.09 bits per heavy atom. The van der Waals surface area contributed by atoms with Crippen LogP contribution in [0, 0.1) is 6.92 Å². The summed E-state index contributed by atoms with van der Waals surface area (Å²) in [6, 6.07) is 12.7. The van der Waals surface area contributed by atoms with Gasteiger partial charge < -0.3 is 28.7 Å². The van der Waals surface area contributed by atoms with Gasteiger partial charge in [-0.2, -0.15) is 0 Å². The number of carbonyl (C=O) groups excluding carboxylic acids is 2. The van der Waals surface area contributed by atoms with Crippen molar-refractivity contribution in [1.82, 2.24) is 9.80 Å². The fraction of sp³-hybridized carbons (Fsp3) is 0.417. The molecule has 1 unspecified atom stereocenters. The van der Waals surface area contributed by atoms with Gasteiger partial charge in [-0.05, 0) is 37.3 Å². The molecule has 2 heterocycles. The molecule has 1 saturated heterocycles. The van der Waals surface area contributed by atoms with Crippen molar-refractivity contribution in [3.63, 3.8) is 0 Å². The molecule has 2 aromatic carbocycles. The predicted octanol–water partition coefficient (Wildman–Crippen LogP) is 2.35. The maximum absolute atomic E-state index is 13.1. The Bertz CT molecular complexity index is 961. The first-order chi connectivity index (χ1) is 15.5. The molecule has 0 saturated carbocycles. The number of carbonyl (C=O) groups is 2. The largest absolute Gasteiger partial charge is 0.454 e. The summed E-state index contributed by atoms with van der Waals surface area (Å²) in [7, 11) is 1.61. The van der Waals surface area contributed by atoms with Gasteiger partial charge in [-0.3, -0.25) is 9.59 Å². The van der Waals surface area contributed by atoms with Crippen molar-refractivity contribution >= 4 is 11.8 Å². The summed E-state index contributed by atoms with van der Waals surface area (Å²) < 4.78 is 21.8. The Hall–Kier alpha value is -3.10. The Morgan fingerprint density at radius 2 is 1.84 bits per heavy atom. The molecule has 8 nitrogen and oxygen atoms in total. The van der Waals surface area contributed by atoms with Crippen LogP contribution < -0.4 is 9.47 Å². The fourth-order valence-corrected chi connectivity index (χ4v) is 3.83. The van der Waals surface area contributed by atoms with E-state index in [0.29, 0.717) is 62.0 Å². The molecule has 2 amide bonds. The number of fused-ring (bicyclic) bond motifs is 1. The smallest absolute Gasteiger partial charge is 0.254 e. The van der Waals surface area contributed by atoms with Gasteiger partial charge in [0.1, 0.15) is 0 Å². The Kier molecular flexibility index (Phi) is 6.92. The highest BCUT2D eigenvalue weighted by Crippen LogP contribution is 2.33. The number of amides is 2. The van der Waals surface area contributed by atoms with Gasteiger partial charge in [0.2, 0.25) is 6.79 Å². The van der Waals surface area contributed by atoms with Crippen LogP contribution in [0.4, 0.5) is 0 Å². The Labute approximate surface area is 187 Å². The monoisotopic (exact) mass is 440 g/mol. The minimum absolute atomic E-state index is 0.0788. The third-order valence-corrected chi connectivity index (χ3v) is 5.62. The van der Waals surface area contributed by atoms with Crippen molar-refractivity contribution in [2.24, 2.45) is 0 Å². The highest BCUT2D eigenvalue weighted by atomic mass is 16.7. The maximum Gasteiger partial charge on any atom is 0.254 e. The quantitative estimate of drug-likeness (QED) is 0.658. The molecule has 0 N–H and O–H groups in total. The van der Waals surface area contributed by atoms with Gasteiger partial charge in [0.15, 0.2) is 11.5 Å².